The zero-order valence-corrected chi connectivity index (χ0v) is 13.7. The number of hydrogen-bond acceptors (Lipinski definition) is 3. The van der Waals surface area contributed by atoms with Gasteiger partial charge in [0, 0.05) is 30.9 Å². The number of nitrogens with zero attached hydrogens (tertiary/aromatic N) is 1. The number of benzene rings is 2. The quantitative estimate of drug-likeness (QED) is 0.944. The van der Waals surface area contributed by atoms with Crippen molar-refractivity contribution in [1.82, 2.24) is 5.32 Å². The van der Waals surface area contributed by atoms with Gasteiger partial charge in [0.25, 0.3) is 5.91 Å². The maximum Gasteiger partial charge on any atom is 0.251 e. The molecule has 1 unspecified atom stereocenters. The van der Waals surface area contributed by atoms with Crippen molar-refractivity contribution in [2.45, 2.75) is 32.0 Å². The highest BCUT2D eigenvalue weighted by molar-refractivity contribution is 5.94. The van der Waals surface area contributed by atoms with Gasteiger partial charge in [0.1, 0.15) is 0 Å². The summed E-state index contributed by atoms with van der Waals surface area (Å²) in [6.45, 7) is 3.29. The minimum absolute atomic E-state index is 0.0123. The first-order valence-electron chi connectivity index (χ1n) is 8.60. The van der Waals surface area contributed by atoms with Crippen LogP contribution in [0, 0.1) is 0 Å². The highest BCUT2D eigenvalue weighted by atomic mass is 16.5. The van der Waals surface area contributed by atoms with Crippen LogP contribution in [-0.4, -0.2) is 25.2 Å². The molecule has 2 aromatic carbocycles. The van der Waals surface area contributed by atoms with E-state index in [2.05, 4.69) is 34.5 Å². The monoisotopic (exact) mass is 322 g/mol. The van der Waals surface area contributed by atoms with Gasteiger partial charge in [-0.1, -0.05) is 24.3 Å². The molecule has 124 valence electrons. The number of fused-ring (bicyclic) bond motifs is 1. The van der Waals surface area contributed by atoms with Crippen LogP contribution in [0.2, 0.25) is 0 Å². The standard InChI is InChI=1S/C20H22N2O2/c23-20(21-18-6-3-11-24-14-18)15-7-9-19(10-8-15)22-12-16-4-1-2-5-17(16)13-22/h1-2,4-5,7-10,18H,3,6,11-14H2,(H,21,23). The molecule has 2 aliphatic heterocycles. The molecule has 0 bridgehead atoms. The van der Waals surface area contributed by atoms with E-state index in [1.807, 2.05) is 24.3 Å². The molecule has 24 heavy (non-hydrogen) atoms. The summed E-state index contributed by atoms with van der Waals surface area (Å²) < 4.78 is 5.41. The molecule has 2 aliphatic rings. The van der Waals surface area contributed by atoms with E-state index in [0.29, 0.717) is 12.2 Å². The molecule has 1 fully saturated rings. The second kappa shape index (κ2) is 6.65. The molecule has 1 amide bonds. The van der Waals surface area contributed by atoms with Gasteiger partial charge in [-0.2, -0.15) is 0 Å². The van der Waals surface area contributed by atoms with Crippen molar-refractivity contribution in [2.75, 3.05) is 18.1 Å². The van der Waals surface area contributed by atoms with Gasteiger partial charge in [-0.3, -0.25) is 4.79 Å². The summed E-state index contributed by atoms with van der Waals surface area (Å²) in [5, 5.41) is 3.06. The van der Waals surface area contributed by atoms with Gasteiger partial charge in [-0.05, 0) is 48.2 Å². The Kier molecular flexibility index (Phi) is 4.22. The highest BCUT2D eigenvalue weighted by Crippen LogP contribution is 2.28. The first kappa shape index (κ1) is 15.2. The van der Waals surface area contributed by atoms with Crippen LogP contribution in [-0.2, 0) is 17.8 Å². The van der Waals surface area contributed by atoms with Gasteiger partial charge in [-0.15, -0.1) is 0 Å². The Balaban J connectivity index is 1.41. The lowest BCUT2D eigenvalue weighted by Gasteiger charge is -2.23. The molecule has 1 atom stereocenters. The van der Waals surface area contributed by atoms with Crippen molar-refractivity contribution in [2.24, 2.45) is 0 Å². The van der Waals surface area contributed by atoms with Crippen molar-refractivity contribution in [3.05, 3.63) is 65.2 Å². The molecule has 0 radical (unpaired) electrons. The number of carbonyl (C=O) groups is 1. The van der Waals surface area contributed by atoms with Crippen LogP contribution in [0.4, 0.5) is 5.69 Å². The number of rotatable bonds is 3. The smallest absolute Gasteiger partial charge is 0.251 e. The molecule has 1 saturated heterocycles. The average molecular weight is 322 g/mol. The van der Waals surface area contributed by atoms with Crippen molar-refractivity contribution in [3.8, 4) is 0 Å². The third-order valence-electron chi connectivity index (χ3n) is 4.83. The Morgan fingerprint density at radius 2 is 1.75 bits per heavy atom. The number of nitrogens with one attached hydrogen (secondary N) is 1. The van der Waals surface area contributed by atoms with Crippen LogP contribution >= 0.6 is 0 Å². The molecule has 2 heterocycles. The van der Waals surface area contributed by atoms with Crippen LogP contribution < -0.4 is 10.2 Å². The van der Waals surface area contributed by atoms with E-state index in [1.54, 1.807) is 0 Å². The molecule has 4 rings (SSSR count). The Labute approximate surface area is 142 Å². The Morgan fingerprint density at radius 3 is 2.38 bits per heavy atom. The lowest BCUT2D eigenvalue weighted by Crippen LogP contribution is -2.40. The fraction of sp³-hybridized carbons (Fsp3) is 0.350. The maximum absolute atomic E-state index is 12.3. The summed E-state index contributed by atoms with van der Waals surface area (Å²) in [4.78, 5) is 14.7. The van der Waals surface area contributed by atoms with Gasteiger partial charge in [0.2, 0.25) is 0 Å². The van der Waals surface area contributed by atoms with Crippen LogP contribution in [0.5, 0.6) is 0 Å². The van der Waals surface area contributed by atoms with E-state index in [9.17, 15) is 4.79 Å². The first-order chi connectivity index (χ1) is 11.8. The van der Waals surface area contributed by atoms with Crippen LogP contribution in [0.15, 0.2) is 48.5 Å². The normalized spacial score (nSPS) is 19.8. The summed E-state index contributed by atoms with van der Waals surface area (Å²) >= 11 is 0. The van der Waals surface area contributed by atoms with E-state index < -0.39 is 0 Å². The molecule has 0 aliphatic carbocycles. The molecule has 2 aromatic rings. The van der Waals surface area contributed by atoms with E-state index in [0.717, 1.165) is 38.2 Å². The second-order valence-electron chi connectivity index (χ2n) is 6.56. The highest BCUT2D eigenvalue weighted by Gasteiger charge is 2.20. The number of carbonyl (C=O) groups excluding carboxylic acids is 1. The number of anilines is 1. The van der Waals surface area contributed by atoms with Crippen molar-refractivity contribution < 1.29 is 9.53 Å². The molecular formula is C20H22N2O2. The predicted molar refractivity (Wildman–Crippen MR) is 94.1 cm³/mol. The summed E-state index contributed by atoms with van der Waals surface area (Å²) in [6.07, 6.45) is 2.01. The topological polar surface area (TPSA) is 41.6 Å². The Bertz CT molecular complexity index is 696. The number of hydrogen-bond donors (Lipinski definition) is 1. The van der Waals surface area contributed by atoms with Crippen LogP contribution in [0.3, 0.4) is 0 Å². The zero-order valence-electron chi connectivity index (χ0n) is 13.7. The largest absolute Gasteiger partial charge is 0.379 e. The van der Waals surface area contributed by atoms with Gasteiger partial charge >= 0.3 is 0 Å². The number of ether oxygens (including phenoxy) is 1. The molecular weight excluding hydrogens is 300 g/mol. The van der Waals surface area contributed by atoms with Crippen molar-refractivity contribution in [1.29, 1.82) is 0 Å². The summed E-state index contributed by atoms with van der Waals surface area (Å²) in [5.74, 6) is -0.0123. The lowest BCUT2D eigenvalue weighted by atomic mass is 10.1. The molecule has 0 spiro atoms. The third kappa shape index (κ3) is 3.15. The van der Waals surface area contributed by atoms with Crippen LogP contribution in [0.1, 0.15) is 34.3 Å². The lowest BCUT2D eigenvalue weighted by molar-refractivity contribution is 0.0624. The fourth-order valence-corrected chi connectivity index (χ4v) is 3.46. The molecule has 0 saturated carbocycles. The van der Waals surface area contributed by atoms with Crippen molar-refractivity contribution >= 4 is 11.6 Å². The Morgan fingerprint density at radius 1 is 1.04 bits per heavy atom. The van der Waals surface area contributed by atoms with E-state index >= 15 is 0 Å². The minimum Gasteiger partial charge on any atom is -0.379 e. The molecule has 4 nitrogen and oxygen atoms in total. The molecule has 4 heteroatoms. The molecule has 1 N–H and O–H groups in total. The minimum atomic E-state index is -0.0123. The summed E-state index contributed by atoms with van der Waals surface area (Å²) in [6, 6.07) is 16.6. The molecule has 0 aromatic heterocycles. The average Bonchev–Trinajstić information content (AvgIpc) is 3.07. The second-order valence-corrected chi connectivity index (χ2v) is 6.56. The predicted octanol–water partition coefficient (Wildman–Crippen LogP) is 3.12. The van der Waals surface area contributed by atoms with E-state index in [4.69, 9.17) is 4.74 Å². The first-order valence-corrected chi connectivity index (χ1v) is 8.60. The van der Waals surface area contributed by atoms with Crippen molar-refractivity contribution in [3.63, 3.8) is 0 Å². The van der Waals surface area contributed by atoms with Gasteiger partial charge in [-0.25, -0.2) is 0 Å². The maximum atomic E-state index is 12.3. The summed E-state index contributed by atoms with van der Waals surface area (Å²) in [7, 11) is 0. The van der Waals surface area contributed by atoms with Crippen LogP contribution in [0.25, 0.3) is 0 Å². The summed E-state index contributed by atoms with van der Waals surface area (Å²) in [5.41, 5.74) is 4.64. The SMILES string of the molecule is O=C(NC1CCCOC1)c1ccc(N2Cc3ccccc3C2)cc1. The van der Waals surface area contributed by atoms with Gasteiger partial charge in [0.15, 0.2) is 0 Å². The van der Waals surface area contributed by atoms with E-state index in [-0.39, 0.29) is 11.9 Å². The third-order valence-corrected chi connectivity index (χ3v) is 4.83. The number of amides is 1. The van der Waals surface area contributed by atoms with Gasteiger partial charge < -0.3 is 15.0 Å². The fourth-order valence-electron chi connectivity index (χ4n) is 3.46. The van der Waals surface area contributed by atoms with E-state index in [1.165, 1.54) is 11.1 Å². The van der Waals surface area contributed by atoms with Gasteiger partial charge in [0.05, 0.1) is 12.6 Å². The Hall–Kier alpha value is -2.33. The zero-order chi connectivity index (χ0) is 16.4.